The van der Waals surface area contributed by atoms with Gasteiger partial charge < -0.3 is 13.4 Å². The van der Waals surface area contributed by atoms with Gasteiger partial charge in [0.1, 0.15) is 0 Å². The van der Waals surface area contributed by atoms with Gasteiger partial charge in [-0.15, -0.1) is 0 Å². The van der Waals surface area contributed by atoms with Crippen LogP contribution in [-0.4, -0.2) is 18.4 Å². The topological polar surface area (TPSA) is 26.6 Å². The molecule has 8 aromatic carbocycles. The van der Waals surface area contributed by atoms with Crippen LogP contribution < -0.4 is 0 Å². The van der Waals surface area contributed by atoms with Gasteiger partial charge in [-0.05, 0) is 83.9 Å². The molecule has 0 radical (unpaired) electrons. The third-order valence-electron chi connectivity index (χ3n) is 12.1. The first-order valence-electron chi connectivity index (χ1n) is 19.6. The molecule has 0 spiro atoms. The lowest BCUT2D eigenvalue weighted by Crippen LogP contribution is -1.95. The number of rotatable bonds is 4. The number of fused-ring (bicyclic) bond motifs is 8. The molecular formula is C53H32N4. The second-order valence-electron chi connectivity index (χ2n) is 15.2. The van der Waals surface area contributed by atoms with Crippen LogP contribution in [0.5, 0.6) is 0 Å². The highest BCUT2D eigenvalue weighted by molar-refractivity contribution is 6.26. The van der Waals surface area contributed by atoms with Crippen molar-refractivity contribution in [2.45, 2.75) is 0 Å². The number of benzene rings is 8. The molecule has 13 rings (SSSR count). The van der Waals surface area contributed by atoms with Crippen molar-refractivity contribution in [3.8, 4) is 39.3 Å². The maximum absolute atomic E-state index is 5.23. The van der Waals surface area contributed by atoms with E-state index in [4.69, 9.17) is 4.98 Å². The fraction of sp³-hybridized carbons (Fsp3) is 0. The van der Waals surface area contributed by atoms with E-state index in [1.54, 1.807) is 0 Å². The van der Waals surface area contributed by atoms with Crippen molar-refractivity contribution in [3.63, 3.8) is 0 Å². The normalized spacial score (nSPS) is 12.2. The van der Waals surface area contributed by atoms with E-state index in [0.717, 1.165) is 33.8 Å². The highest BCUT2D eigenvalue weighted by Crippen LogP contribution is 2.43. The van der Waals surface area contributed by atoms with Crippen molar-refractivity contribution in [1.82, 2.24) is 18.4 Å². The van der Waals surface area contributed by atoms with Gasteiger partial charge in [0.15, 0.2) is 0 Å². The average Bonchev–Trinajstić information content (AvgIpc) is 3.92. The van der Waals surface area contributed by atoms with E-state index in [0.29, 0.717) is 0 Å². The number of nitrogens with zero attached hydrogens (tertiary/aromatic N) is 4. The first-order valence-corrected chi connectivity index (χ1v) is 19.6. The van der Waals surface area contributed by atoms with Crippen LogP contribution in [0.25, 0.3) is 116 Å². The molecule has 5 heterocycles. The third kappa shape index (κ3) is 4.24. The molecule has 13 aromatic rings. The van der Waals surface area contributed by atoms with E-state index in [-0.39, 0.29) is 0 Å². The Morgan fingerprint density at radius 2 is 0.737 bits per heavy atom. The quantitative estimate of drug-likeness (QED) is 0.177. The summed E-state index contributed by atoms with van der Waals surface area (Å²) in [7, 11) is 0. The predicted molar refractivity (Wildman–Crippen MR) is 238 cm³/mol. The predicted octanol–water partition coefficient (Wildman–Crippen LogP) is 13.7. The lowest BCUT2D eigenvalue weighted by atomic mass is 10.00. The molecule has 264 valence electrons. The number of pyridine rings is 1. The highest BCUT2D eigenvalue weighted by atomic mass is 15.0. The Morgan fingerprint density at radius 3 is 1.30 bits per heavy atom. The molecule has 0 unspecified atom stereocenters. The van der Waals surface area contributed by atoms with E-state index in [1.165, 1.54) is 82.0 Å². The van der Waals surface area contributed by atoms with Crippen molar-refractivity contribution < 1.29 is 0 Å². The van der Waals surface area contributed by atoms with E-state index in [1.807, 2.05) is 0 Å². The van der Waals surface area contributed by atoms with Crippen LogP contribution in [0, 0.1) is 0 Å². The minimum absolute atomic E-state index is 0.948. The summed E-state index contributed by atoms with van der Waals surface area (Å²) in [5, 5.41) is 7.57. The fourth-order valence-electron chi connectivity index (χ4n) is 9.69. The monoisotopic (exact) mass is 724 g/mol. The Balaban J connectivity index is 1.11. The third-order valence-corrected chi connectivity index (χ3v) is 12.1. The lowest BCUT2D eigenvalue weighted by Gasteiger charge is -2.12. The molecular weight excluding hydrogens is 693 g/mol. The number of hydrogen-bond acceptors (Lipinski definition) is 1. The van der Waals surface area contributed by atoms with Crippen molar-refractivity contribution in [2.24, 2.45) is 0 Å². The zero-order valence-corrected chi connectivity index (χ0v) is 30.8. The molecule has 0 aliphatic carbocycles. The van der Waals surface area contributed by atoms with E-state index < -0.39 is 0 Å². The molecule has 4 heteroatoms. The summed E-state index contributed by atoms with van der Waals surface area (Å²) in [6.45, 7) is 0. The van der Waals surface area contributed by atoms with Crippen molar-refractivity contribution in [2.75, 3.05) is 0 Å². The average molecular weight is 725 g/mol. The van der Waals surface area contributed by atoms with Gasteiger partial charge in [-0.3, -0.25) is 0 Å². The lowest BCUT2D eigenvalue weighted by molar-refractivity contribution is 1.18. The van der Waals surface area contributed by atoms with Crippen LogP contribution in [-0.2, 0) is 0 Å². The van der Waals surface area contributed by atoms with E-state index in [2.05, 4.69) is 207 Å². The summed E-state index contributed by atoms with van der Waals surface area (Å²) in [6, 6.07) is 70.6. The summed E-state index contributed by atoms with van der Waals surface area (Å²) in [4.78, 5) is 5.23. The molecule has 0 atom stereocenters. The molecule has 0 fully saturated rings. The molecule has 0 aliphatic rings. The number of aromatic nitrogens is 4. The summed E-state index contributed by atoms with van der Waals surface area (Å²) >= 11 is 0. The summed E-state index contributed by atoms with van der Waals surface area (Å²) in [6.07, 6.45) is 0. The van der Waals surface area contributed by atoms with Gasteiger partial charge in [-0.2, -0.15) is 0 Å². The van der Waals surface area contributed by atoms with E-state index in [9.17, 15) is 0 Å². The molecule has 0 saturated carbocycles. The zero-order chi connectivity index (χ0) is 37.2. The van der Waals surface area contributed by atoms with Gasteiger partial charge in [0.25, 0.3) is 0 Å². The van der Waals surface area contributed by atoms with Gasteiger partial charge in [-0.1, -0.05) is 121 Å². The zero-order valence-electron chi connectivity index (χ0n) is 30.8. The molecule has 4 nitrogen and oxygen atoms in total. The van der Waals surface area contributed by atoms with Crippen molar-refractivity contribution >= 4 is 76.5 Å². The SMILES string of the molecule is c1ccc(-c2cc(-c3ccccc3)nc(-c3ccc(-n4c5cccc6c5c5c4cccc5n4c5ccccc5c5cc7c8ccccc8n6c7cc54)cc3)c2)cc1. The summed E-state index contributed by atoms with van der Waals surface area (Å²) in [5.41, 5.74) is 17.1. The van der Waals surface area contributed by atoms with Crippen LogP contribution >= 0.6 is 0 Å². The van der Waals surface area contributed by atoms with Crippen LogP contribution in [0.15, 0.2) is 194 Å². The van der Waals surface area contributed by atoms with Crippen LogP contribution in [0.1, 0.15) is 0 Å². The molecule has 2 bridgehead atoms. The molecule has 0 aliphatic heterocycles. The van der Waals surface area contributed by atoms with Gasteiger partial charge >= 0.3 is 0 Å². The van der Waals surface area contributed by atoms with Crippen LogP contribution in [0.3, 0.4) is 0 Å². The fourth-order valence-corrected chi connectivity index (χ4v) is 9.69. The molecule has 0 amide bonds. The number of para-hydroxylation sites is 2. The smallest absolute Gasteiger partial charge is 0.0715 e. The van der Waals surface area contributed by atoms with Crippen LogP contribution in [0.4, 0.5) is 0 Å². The maximum Gasteiger partial charge on any atom is 0.0715 e. The number of hydrogen-bond donors (Lipinski definition) is 0. The van der Waals surface area contributed by atoms with Gasteiger partial charge in [-0.25, -0.2) is 4.98 Å². The Labute approximate surface area is 327 Å². The standard InChI is InChI=1S/C53H32N4/c1-3-13-33(14-4-1)36-29-42(34-15-5-2-6-16-34)54-43(30-36)35-25-27-37(28-26-35)55-46-21-11-23-48-52(46)53-47(55)22-12-24-49(53)57-45-20-10-8-18-39(45)41-31-40-38-17-7-9-19-44(38)56(48)50(40)32-51(41)57/h1-32H. The Bertz CT molecular complexity index is 3500. The minimum Gasteiger partial charge on any atom is -0.309 e. The summed E-state index contributed by atoms with van der Waals surface area (Å²) in [5.74, 6) is 0. The summed E-state index contributed by atoms with van der Waals surface area (Å²) < 4.78 is 7.45. The van der Waals surface area contributed by atoms with Crippen molar-refractivity contribution in [1.29, 1.82) is 0 Å². The Kier molecular flexibility index (Phi) is 6.13. The second kappa shape index (κ2) is 11.4. The van der Waals surface area contributed by atoms with Gasteiger partial charge in [0.2, 0.25) is 0 Å². The van der Waals surface area contributed by atoms with Gasteiger partial charge in [0.05, 0.1) is 55.5 Å². The van der Waals surface area contributed by atoms with Gasteiger partial charge in [0, 0.05) is 49.1 Å². The first-order chi connectivity index (χ1) is 28.3. The largest absolute Gasteiger partial charge is 0.309 e. The Hall–Kier alpha value is -7.69. The highest BCUT2D eigenvalue weighted by Gasteiger charge is 2.22. The molecule has 57 heavy (non-hydrogen) atoms. The second-order valence-corrected chi connectivity index (χ2v) is 15.2. The molecule has 0 N–H and O–H groups in total. The van der Waals surface area contributed by atoms with Crippen molar-refractivity contribution in [3.05, 3.63) is 194 Å². The minimum atomic E-state index is 0.948. The molecule has 0 saturated heterocycles. The maximum atomic E-state index is 5.23. The van der Waals surface area contributed by atoms with E-state index >= 15 is 0 Å². The first kappa shape index (κ1) is 30.6. The Morgan fingerprint density at radius 1 is 0.281 bits per heavy atom. The van der Waals surface area contributed by atoms with Crippen LogP contribution in [0.2, 0.25) is 0 Å². The molecule has 5 aromatic heterocycles.